The molecule has 0 spiro atoms. The molecule has 3 aromatic rings. The second kappa shape index (κ2) is 6.67. The second-order valence-electron chi connectivity index (χ2n) is 6.44. The van der Waals surface area contributed by atoms with Crippen LogP contribution in [0.1, 0.15) is 17.9 Å². The third-order valence-corrected chi connectivity index (χ3v) is 4.68. The second-order valence-corrected chi connectivity index (χ2v) is 6.44. The van der Waals surface area contributed by atoms with E-state index in [2.05, 4.69) is 16.0 Å². The lowest BCUT2D eigenvalue weighted by atomic mass is 10.0. The van der Waals surface area contributed by atoms with Crippen molar-refractivity contribution in [3.05, 3.63) is 53.9 Å². The molecule has 126 valence electrons. The number of aliphatic hydroxyl groups is 1. The highest BCUT2D eigenvalue weighted by Crippen LogP contribution is 2.27. The quantitative estimate of drug-likeness (QED) is 0.794. The number of aliphatic hydroxyl groups excluding tert-OH is 1. The molecule has 1 aliphatic rings. The van der Waals surface area contributed by atoms with Gasteiger partial charge < -0.3 is 14.4 Å². The smallest absolute Gasteiger partial charge is 0.196 e. The van der Waals surface area contributed by atoms with Gasteiger partial charge in [-0.15, -0.1) is 0 Å². The number of fused-ring (bicyclic) bond motifs is 1. The molecule has 1 atom stereocenters. The average Bonchev–Trinajstić information content (AvgIpc) is 3.24. The Bertz CT molecular complexity index is 942. The average molecular weight is 333 g/mol. The summed E-state index contributed by atoms with van der Waals surface area (Å²) in [5.41, 5.74) is 4.09. The predicted octanol–water partition coefficient (Wildman–Crippen LogP) is 2.98. The summed E-state index contributed by atoms with van der Waals surface area (Å²) in [6, 6.07) is 15.6. The molecule has 1 N–H and O–H groups in total. The van der Waals surface area contributed by atoms with Gasteiger partial charge in [0.2, 0.25) is 0 Å². The van der Waals surface area contributed by atoms with E-state index in [9.17, 15) is 10.4 Å². The standard InChI is InChI=1S/C20H19N3O2/c21-12-15-3-1-2-4-17(15)14-5-6-19-18(11-14)22-20(25-19)8-10-23-9-7-16(24)13-23/h1-6,11,16,24H,7-10,13H2/t16-/m1/s1. The van der Waals surface area contributed by atoms with Crippen molar-refractivity contribution in [2.75, 3.05) is 19.6 Å². The van der Waals surface area contributed by atoms with Gasteiger partial charge in [0.25, 0.3) is 0 Å². The van der Waals surface area contributed by atoms with Crippen molar-refractivity contribution in [2.24, 2.45) is 0 Å². The van der Waals surface area contributed by atoms with E-state index in [0.29, 0.717) is 11.5 Å². The topological polar surface area (TPSA) is 73.3 Å². The number of β-amino-alcohol motifs (C(OH)–C–C–N with tert-alkyl or cyclic N) is 1. The van der Waals surface area contributed by atoms with Crippen LogP contribution in [0.15, 0.2) is 46.9 Å². The first-order valence-electron chi connectivity index (χ1n) is 8.52. The van der Waals surface area contributed by atoms with E-state index in [1.807, 2.05) is 42.5 Å². The number of hydrogen-bond donors (Lipinski definition) is 1. The molecule has 1 saturated heterocycles. The maximum Gasteiger partial charge on any atom is 0.196 e. The zero-order valence-electron chi connectivity index (χ0n) is 13.9. The van der Waals surface area contributed by atoms with Crippen LogP contribution in [-0.2, 0) is 6.42 Å². The Labute approximate surface area is 146 Å². The van der Waals surface area contributed by atoms with Crippen molar-refractivity contribution in [1.29, 1.82) is 5.26 Å². The van der Waals surface area contributed by atoms with Crippen LogP contribution in [-0.4, -0.2) is 40.7 Å². The van der Waals surface area contributed by atoms with Gasteiger partial charge in [-0.25, -0.2) is 4.98 Å². The van der Waals surface area contributed by atoms with Crippen molar-refractivity contribution in [2.45, 2.75) is 18.9 Å². The lowest BCUT2D eigenvalue weighted by Gasteiger charge is -2.12. The van der Waals surface area contributed by atoms with E-state index >= 15 is 0 Å². The van der Waals surface area contributed by atoms with Gasteiger partial charge in [-0.05, 0) is 35.7 Å². The number of nitrogens with zero attached hydrogens (tertiary/aromatic N) is 3. The lowest BCUT2D eigenvalue weighted by molar-refractivity contribution is 0.176. The molecule has 0 radical (unpaired) electrons. The fourth-order valence-corrected chi connectivity index (χ4v) is 3.35. The number of aromatic nitrogens is 1. The van der Waals surface area contributed by atoms with Crippen molar-refractivity contribution >= 4 is 11.1 Å². The molecule has 0 aliphatic carbocycles. The molecule has 1 fully saturated rings. The van der Waals surface area contributed by atoms with E-state index in [1.54, 1.807) is 0 Å². The number of hydrogen-bond acceptors (Lipinski definition) is 5. The molecule has 0 saturated carbocycles. The van der Waals surface area contributed by atoms with Crippen LogP contribution in [0.25, 0.3) is 22.2 Å². The summed E-state index contributed by atoms with van der Waals surface area (Å²) >= 11 is 0. The molecule has 4 rings (SSSR count). The number of nitriles is 1. The number of rotatable bonds is 4. The first-order valence-corrected chi connectivity index (χ1v) is 8.52. The van der Waals surface area contributed by atoms with Crippen LogP contribution < -0.4 is 0 Å². The Balaban J connectivity index is 1.56. The first kappa shape index (κ1) is 15.8. The fraction of sp³-hybridized carbons (Fsp3) is 0.300. The minimum Gasteiger partial charge on any atom is -0.441 e. The van der Waals surface area contributed by atoms with Gasteiger partial charge in [-0.1, -0.05) is 24.3 Å². The molecule has 2 heterocycles. The molecule has 0 bridgehead atoms. The summed E-state index contributed by atoms with van der Waals surface area (Å²) in [4.78, 5) is 6.83. The Kier molecular flexibility index (Phi) is 4.22. The lowest BCUT2D eigenvalue weighted by Crippen LogP contribution is -2.24. The molecule has 5 heteroatoms. The van der Waals surface area contributed by atoms with Gasteiger partial charge in [-0.2, -0.15) is 5.26 Å². The van der Waals surface area contributed by atoms with Gasteiger partial charge in [0, 0.05) is 26.1 Å². The monoisotopic (exact) mass is 333 g/mol. The highest BCUT2D eigenvalue weighted by Gasteiger charge is 2.20. The summed E-state index contributed by atoms with van der Waals surface area (Å²) in [6.07, 6.45) is 1.37. The SMILES string of the molecule is N#Cc1ccccc1-c1ccc2oc(CCN3CC[C@@H](O)C3)nc2c1. The normalized spacial score (nSPS) is 17.8. The summed E-state index contributed by atoms with van der Waals surface area (Å²) in [5.74, 6) is 0.710. The Morgan fingerprint density at radius 3 is 2.96 bits per heavy atom. The van der Waals surface area contributed by atoms with E-state index in [0.717, 1.165) is 54.7 Å². The summed E-state index contributed by atoms with van der Waals surface area (Å²) in [5, 5.41) is 18.9. The Hall–Kier alpha value is -2.68. The summed E-state index contributed by atoms with van der Waals surface area (Å²) < 4.78 is 5.84. The number of likely N-dealkylation sites (tertiary alicyclic amines) is 1. The van der Waals surface area contributed by atoms with E-state index in [4.69, 9.17) is 4.42 Å². The highest BCUT2D eigenvalue weighted by atomic mass is 16.3. The number of benzene rings is 2. The number of oxazole rings is 1. The molecule has 0 unspecified atom stereocenters. The van der Waals surface area contributed by atoms with Crippen LogP contribution in [0.5, 0.6) is 0 Å². The van der Waals surface area contributed by atoms with Gasteiger partial charge in [0.15, 0.2) is 11.5 Å². The maximum atomic E-state index is 9.59. The zero-order chi connectivity index (χ0) is 17.2. The minimum absolute atomic E-state index is 0.202. The minimum atomic E-state index is -0.202. The summed E-state index contributed by atoms with van der Waals surface area (Å²) in [7, 11) is 0. The van der Waals surface area contributed by atoms with Gasteiger partial charge in [0.05, 0.1) is 17.7 Å². The third-order valence-electron chi connectivity index (χ3n) is 4.68. The van der Waals surface area contributed by atoms with Crippen molar-refractivity contribution in [3.63, 3.8) is 0 Å². The van der Waals surface area contributed by atoms with Gasteiger partial charge in [0.1, 0.15) is 5.52 Å². The molecule has 5 nitrogen and oxygen atoms in total. The van der Waals surface area contributed by atoms with Crippen LogP contribution in [0, 0.1) is 11.3 Å². The third kappa shape index (κ3) is 3.27. The van der Waals surface area contributed by atoms with Crippen molar-refractivity contribution in [1.82, 2.24) is 9.88 Å². The van der Waals surface area contributed by atoms with Crippen LogP contribution in [0.4, 0.5) is 0 Å². The molecule has 0 amide bonds. The van der Waals surface area contributed by atoms with E-state index in [-0.39, 0.29) is 6.10 Å². The van der Waals surface area contributed by atoms with Gasteiger partial charge >= 0.3 is 0 Å². The van der Waals surface area contributed by atoms with E-state index in [1.165, 1.54) is 0 Å². The largest absolute Gasteiger partial charge is 0.441 e. The molecule has 2 aromatic carbocycles. The van der Waals surface area contributed by atoms with E-state index < -0.39 is 0 Å². The predicted molar refractivity (Wildman–Crippen MR) is 94.9 cm³/mol. The molecule has 1 aromatic heterocycles. The van der Waals surface area contributed by atoms with Crippen LogP contribution in [0.3, 0.4) is 0 Å². The molecular formula is C20H19N3O2. The Morgan fingerprint density at radius 1 is 1.28 bits per heavy atom. The molecule has 1 aliphatic heterocycles. The van der Waals surface area contributed by atoms with Gasteiger partial charge in [-0.3, -0.25) is 0 Å². The fourth-order valence-electron chi connectivity index (χ4n) is 3.35. The van der Waals surface area contributed by atoms with Crippen molar-refractivity contribution in [3.8, 4) is 17.2 Å². The maximum absolute atomic E-state index is 9.59. The highest BCUT2D eigenvalue weighted by molar-refractivity contribution is 5.82. The zero-order valence-corrected chi connectivity index (χ0v) is 13.9. The Morgan fingerprint density at radius 2 is 2.16 bits per heavy atom. The van der Waals surface area contributed by atoms with Crippen LogP contribution in [0.2, 0.25) is 0 Å². The van der Waals surface area contributed by atoms with Crippen LogP contribution >= 0.6 is 0 Å². The van der Waals surface area contributed by atoms with Crippen molar-refractivity contribution < 1.29 is 9.52 Å². The molecular weight excluding hydrogens is 314 g/mol. The molecule has 25 heavy (non-hydrogen) atoms. The summed E-state index contributed by atoms with van der Waals surface area (Å²) in [6.45, 7) is 2.50. The first-order chi connectivity index (χ1) is 12.2.